The van der Waals surface area contributed by atoms with Crippen molar-refractivity contribution in [2.45, 2.75) is 36.6 Å². The topological polar surface area (TPSA) is 97.4 Å². The van der Waals surface area contributed by atoms with Crippen molar-refractivity contribution >= 4 is 40.9 Å². The van der Waals surface area contributed by atoms with Crippen LogP contribution in [0.2, 0.25) is 0 Å². The van der Waals surface area contributed by atoms with Crippen molar-refractivity contribution in [3.63, 3.8) is 0 Å². The van der Waals surface area contributed by atoms with E-state index < -0.39 is 23.5 Å². The normalized spacial score (nSPS) is 14.3. The molecule has 1 aliphatic heterocycles. The van der Waals surface area contributed by atoms with Gasteiger partial charge in [-0.1, -0.05) is 6.07 Å². The van der Waals surface area contributed by atoms with E-state index in [1.165, 1.54) is 24.5 Å². The van der Waals surface area contributed by atoms with Gasteiger partial charge in [0, 0.05) is 43.5 Å². The van der Waals surface area contributed by atoms with Gasteiger partial charge >= 0.3 is 6.09 Å². The number of amides is 1. The summed E-state index contributed by atoms with van der Waals surface area (Å²) in [6, 6.07) is 11.5. The Kier molecular flexibility index (Phi) is 10.1. The predicted molar refractivity (Wildman–Crippen MR) is 163 cm³/mol. The van der Waals surface area contributed by atoms with Crippen LogP contribution in [0, 0.1) is 17.5 Å². The third kappa shape index (κ3) is 7.59. The van der Waals surface area contributed by atoms with E-state index in [2.05, 4.69) is 25.1 Å². The van der Waals surface area contributed by atoms with Crippen LogP contribution in [0.5, 0.6) is 0 Å². The molecule has 13 heteroatoms. The first-order valence-electron chi connectivity index (χ1n) is 13.6. The van der Waals surface area contributed by atoms with Gasteiger partial charge in [0.25, 0.3) is 0 Å². The number of benzene rings is 2. The Morgan fingerprint density at radius 3 is 2.77 bits per heavy atom. The Morgan fingerprint density at radius 2 is 1.98 bits per heavy atom. The molecule has 226 valence electrons. The standard InChI is InChI=1S/C30H30F3N5O3S2/c1-17(36-30(39)40-2)16-35-25-14-19(8-11-34-25)28-27(37-29(42-28)18-9-12-41-13-10-18)21-4-3-5-23(26(21)33)38-43-24-15-20(31)6-7-22(24)32/h3-8,11,14-15,17-18,38H,9-10,12-13,16H2,1-2H3,(H,34,35)(H,36,39). The first kappa shape index (κ1) is 30.6. The molecule has 1 amide bonds. The Balaban J connectivity index is 1.46. The lowest BCUT2D eigenvalue weighted by Gasteiger charge is -2.19. The Hall–Kier alpha value is -3.81. The molecule has 0 saturated carbocycles. The number of nitrogens with zero attached hydrogens (tertiary/aromatic N) is 2. The third-order valence-electron chi connectivity index (χ3n) is 6.79. The van der Waals surface area contributed by atoms with Crippen molar-refractivity contribution in [2.75, 3.05) is 36.9 Å². The fraction of sp³-hybridized carbons (Fsp3) is 0.300. The number of thiazole rings is 1. The molecule has 2 aromatic carbocycles. The van der Waals surface area contributed by atoms with E-state index in [1.807, 2.05) is 19.1 Å². The average molecular weight is 630 g/mol. The van der Waals surface area contributed by atoms with Gasteiger partial charge in [-0.15, -0.1) is 11.3 Å². The zero-order chi connectivity index (χ0) is 30.3. The quantitative estimate of drug-likeness (QED) is 0.156. The first-order chi connectivity index (χ1) is 20.8. The van der Waals surface area contributed by atoms with Gasteiger partial charge < -0.3 is 24.8 Å². The number of hydrogen-bond donors (Lipinski definition) is 3. The number of aromatic nitrogens is 2. The number of halogens is 3. The molecule has 1 aliphatic rings. The van der Waals surface area contributed by atoms with Gasteiger partial charge in [0.2, 0.25) is 0 Å². The number of nitrogens with one attached hydrogen (secondary N) is 3. The maximum absolute atomic E-state index is 16.0. The lowest BCUT2D eigenvalue weighted by atomic mass is 10.0. The van der Waals surface area contributed by atoms with Crippen LogP contribution in [0.4, 0.5) is 29.5 Å². The van der Waals surface area contributed by atoms with Crippen molar-refractivity contribution in [2.24, 2.45) is 0 Å². The second-order valence-corrected chi connectivity index (χ2v) is 11.8. The van der Waals surface area contributed by atoms with Crippen LogP contribution in [0.1, 0.15) is 30.7 Å². The van der Waals surface area contributed by atoms with E-state index in [4.69, 9.17) is 9.72 Å². The highest BCUT2D eigenvalue weighted by atomic mass is 32.2. The lowest BCUT2D eigenvalue weighted by Crippen LogP contribution is -2.37. The molecule has 43 heavy (non-hydrogen) atoms. The lowest BCUT2D eigenvalue weighted by molar-refractivity contribution is 0.0853. The maximum Gasteiger partial charge on any atom is 0.407 e. The first-order valence-corrected chi connectivity index (χ1v) is 15.3. The average Bonchev–Trinajstić information content (AvgIpc) is 3.47. The molecule has 8 nitrogen and oxygen atoms in total. The van der Waals surface area contributed by atoms with Crippen LogP contribution in [-0.2, 0) is 9.47 Å². The van der Waals surface area contributed by atoms with Crippen molar-refractivity contribution in [3.8, 4) is 21.7 Å². The van der Waals surface area contributed by atoms with Crippen LogP contribution in [0.15, 0.2) is 59.6 Å². The van der Waals surface area contributed by atoms with E-state index in [0.717, 1.165) is 58.4 Å². The van der Waals surface area contributed by atoms with E-state index in [-0.39, 0.29) is 28.1 Å². The Morgan fingerprint density at radius 1 is 1.16 bits per heavy atom. The number of carbonyl (C=O) groups excluding carboxylic acids is 1. The number of rotatable bonds is 10. The number of carbonyl (C=O) groups is 1. The summed E-state index contributed by atoms with van der Waals surface area (Å²) in [6.07, 6.45) is 2.77. The summed E-state index contributed by atoms with van der Waals surface area (Å²) in [6.45, 7) is 3.51. The molecule has 0 aliphatic carbocycles. The molecule has 2 aromatic heterocycles. The molecule has 3 N–H and O–H groups in total. The molecule has 1 fully saturated rings. The predicted octanol–water partition coefficient (Wildman–Crippen LogP) is 7.46. The summed E-state index contributed by atoms with van der Waals surface area (Å²) >= 11 is 2.30. The van der Waals surface area contributed by atoms with Crippen LogP contribution >= 0.6 is 23.3 Å². The van der Waals surface area contributed by atoms with Crippen molar-refractivity contribution in [1.29, 1.82) is 0 Å². The van der Waals surface area contributed by atoms with Crippen LogP contribution in [0.3, 0.4) is 0 Å². The summed E-state index contributed by atoms with van der Waals surface area (Å²) in [4.78, 5) is 21.6. The number of hydrogen-bond acceptors (Lipinski definition) is 9. The Labute approximate surface area is 255 Å². The fourth-order valence-corrected chi connectivity index (χ4v) is 6.49. The number of anilines is 2. The smallest absolute Gasteiger partial charge is 0.407 e. The Bertz CT molecular complexity index is 1580. The summed E-state index contributed by atoms with van der Waals surface area (Å²) in [5.41, 5.74) is 1.66. The highest BCUT2D eigenvalue weighted by Gasteiger charge is 2.25. The third-order valence-corrected chi connectivity index (χ3v) is 8.92. The fourth-order valence-electron chi connectivity index (χ4n) is 4.53. The van der Waals surface area contributed by atoms with Gasteiger partial charge in [0.1, 0.15) is 17.5 Å². The largest absolute Gasteiger partial charge is 0.453 e. The SMILES string of the molecule is COC(=O)NC(C)CNc1cc(-c2sc(C3CCOCC3)nc2-c2cccc(NSc3cc(F)ccc3F)c2F)ccn1. The van der Waals surface area contributed by atoms with Gasteiger partial charge in [-0.3, -0.25) is 0 Å². The van der Waals surface area contributed by atoms with Crippen LogP contribution in [0.25, 0.3) is 21.7 Å². The second-order valence-electron chi connectivity index (χ2n) is 9.91. The van der Waals surface area contributed by atoms with E-state index in [0.29, 0.717) is 31.3 Å². The molecule has 0 bridgehead atoms. The highest BCUT2D eigenvalue weighted by molar-refractivity contribution is 8.00. The molecular weight excluding hydrogens is 599 g/mol. The van der Waals surface area contributed by atoms with Gasteiger partial charge in [0.15, 0.2) is 5.82 Å². The minimum absolute atomic E-state index is 0.00822. The molecule has 0 spiro atoms. The van der Waals surface area contributed by atoms with Gasteiger partial charge in [-0.25, -0.2) is 27.9 Å². The minimum Gasteiger partial charge on any atom is -0.453 e. The van der Waals surface area contributed by atoms with E-state index >= 15 is 4.39 Å². The zero-order valence-electron chi connectivity index (χ0n) is 23.5. The summed E-state index contributed by atoms with van der Waals surface area (Å²) in [5.74, 6) is -1.00. The van der Waals surface area contributed by atoms with E-state index in [1.54, 1.807) is 18.3 Å². The maximum atomic E-state index is 16.0. The number of alkyl carbamates (subject to hydrolysis) is 1. The number of pyridine rings is 1. The van der Waals surface area contributed by atoms with Gasteiger partial charge in [-0.2, -0.15) is 0 Å². The molecule has 1 unspecified atom stereocenters. The summed E-state index contributed by atoms with van der Waals surface area (Å²) < 4.78 is 56.9. The number of ether oxygens (including phenoxy) is 2. The van der Waals surface area contributed by atoms with Crippen LogP contribution < -0.4 is 15.4 Å². The minimum atomic E-state index is -0.615. The van der Waals surface area contributed by atoms with Gasteiger partial charge in [-0.05, 0) is 79.7 Å². The monoisotopic (exact) mass is 629 g/mol. The molecule has 1 atom stereocenters. The van der Waals surface area contributed by atoms with E-state index in [9.17, 15) is 13.6 Å². The van der Waals surface area contributed by atoms with Crippen LogP contribution in [-0.4, -0.2) is 49.0 Å². The molecule has 4 aromatic rings. The van der Waals surface area contributed by atoms with Crippen molar-refractivity contribution < 1.29 is 27.4 Å². The molecule has 5 rings (SSSR count). The summed E-state index contributed by atoms with van der Waals surface area (Å²) in [7, 11) is 1.30. The molecule has 3 heterocycles. The summed E-state index contributed by atoms with van der Waals surface area (Å²) in [5, 5.41) is 6.81. The molecule has 0 radical (unpaired) electrons. The van der Waals surface area contributed by atoms with Crippen molar-refractivity contribution in [1.82, 2.24) is 15.3 Å². The number of methoxy groups -OCH3 is 1. The van der Waals surface area contributed by atoms with Crippen molar-refractivity contribution in [3.05, 3.63) is 77.2 Å². The highest BCUT2D eigenvalue weighted by Crippen LogP contribution is 2.43. The molecular formula is C30H30F3N5O3S2. The zero-order valence-corrected chi connectivity index (χ0v) is 25.1. The van der Waals surface area contributed by atoms with Gasteiger partial charge in [0.05, 0.1) is 33.3 Å². The molecule has 1 saturated heterocycles. The second kappa shape index (κ2) is 14.1.